The zero-order valence-corrected chi connectivity index (χ0v) is 13.8. The number of hydrogen-bond acceptors (Lipinski definition) is 3. The van der Waals surface area contributed by atoms with Crippen LogP contribution >= 0.6 is 15.9 Å². The molecule has 1 N–H and O–H groups in total. The molecule has 2 heterocycles. The zero-order chi connectivity index (χ0) is 13.9. The van der Waals surface area contributed by atoms with Crippen LogP contribution in [0.1, 0.15) is 43.8 Å². The molecule has 0 aromatic carbocycles. The van der Waals surface area contributed by atoms with Crippen LogP contribution in [0.5, 0.6) is 0 Å². The number of aromatic nitrogens is 1. The number of pyridine rings is 1. The fourth-order valence-electron chi connectivity index (χ4n) is 3.53. The molecule has 20 heavy (non-hydrogen) atoms. The number of nitrogens with zero attached hydrogens (tertiary/aromatic N) is 2. The lowest BCUT2D eigenvalue weighted by molar-refractivity contribution is 0.142. The Morgan fingerprint density at radius 3 is 2.80 bits per heavy atom. The molecule has 0 amide bonds. The van der Waals surface area contributed by atoms with Crippen molar-refractivity contribution in [2.24, 2.45) is 5.92 Å². The summed E-state index contributed by atoms with van der Waals surface area (Å²) >= 11 is 3.50. The summed E-state index contributed by atoms with van der Waals surface area (Å²) in [6.45, 7) is 2.33. The molecule has 2 aliphatic rings. The van der Waals surface area contributed by atoms with E-state index in [-0.39, 0.29) is 0 Å². The second kappa shape index (κ2) is 6.54. The van der Waals surface area contributed by atoms with Crippen LogP contribution in [0, 0.1) is 5.92 Å². The summed E-state index contributed by atoms with van der Waals surface area (Å²) in [5.41, 5.74) is 1.25. The standard InChI is InChI=1S/C16H24BrN3/c1-18-10-12-4-2-3-9-20(14-6-7-14)16(12)15-8-5-13(17)11-19-15/h5,8,11-12,14,16,18H,2-4,6-7,9-10H2,1H3. The minimum absolute atomic E-state index is 0.491. The van der Waals surface area contributed by atoms with Crippen LogP contribution in [-0.2, 0) is 0 Å². The van der Waals surface area contributed by atoms with Crippen LogP contribution in [0.3, 0.4) is 0 Å². The minimum Gasteiger partial charge on any atom is -0.319 e. The molecular formula is C16H24BrN3. The summed E-state index contributed by atoms with van der Waals surface area (Å²) in [4.78, 5) is 7.46. The van der Waals surface area contributed by atoms with Gasteiger partial charge in [-0.25, -0.2) is 0 Å². The molecule has 1 aromatic rings. The number of rotatable bonds is 4. The Labute approximate surface area is 130 Å². The molecule has 0 bridgehead atoms. The number of nitrogens with one attached hydrogen (secondary N) is 1. The average molecular weight is 338 g/mol. The Morgan fingerprint density at radius 2 is 2.15 bits per heavy atom. The van der Waals surface area contributed by atoms with Crippen LogP contribution in [0.15, 0.2) is 22.8 Å². The first kappa shape index (κ1) is 14.5. The molecule has 0 spiro atoms. The van der Waals surface area contributed by atoms with E-state index in [1.54, 1.807) is 0 Å². The van der Waals surface area contributed by atoms with Crippen molar-refractivity contribution in [2.45, 2.75) is 44.2 Å². The molecule has 1 aliphatic heterocycles. The first-order valence-electron chi connectivity index (χ1n) is 7.81. The summed E-state index contributed by atoms with van der Waals surface area (Å²) in [5, 5.41) is 3.39. The highest BCUT2D eigenvalue weighted by Gasteiger charge is 2.39. The predicted octanol–water partition coefficient (Wildman–Crippen LogP) is 3.37. The lowest BCUT2D eigenvalue weighted by Gasteiger charge is -2.35. The third-order valence-electron chi connectivity index (χ3n) is 4.58. The summed E-state index contributed by atoms with van der Waals surface area (Å²) < 4.78 is 1.07. The summed E-state index contributed by atoms with van der Waals surface area (Å²) in [5.74, 6) is 0.678. The smallest absolute Gasteiger partial charge is 0.0579 e. The molecule has 3 nitrogen and oxygen atoms in total. The normalized spacial score (nSPS) is 28.3. The van der Waals surface area contributed by atoms with Gasteiger partial charge >= 0.3 is 0 Å². The number of likely N-dealkylation sites (tertiary alicyclic amines) is 1. The molecule has 1 aromatic heterocycles. The Morgan fingerprint density at radius 1 is 1.30 bits per heavy atom. The molecular weight excluding hydrogens is 314 g/mol. The zero-order valence-electron chi connectivity index (χ0n) is 12.2. The van der Waals surface area contributed by atoms with E-state index < -0.39 is 0 Å². The topological polar surface area (TPSA) is 28.2 Å². The Hall–Kier alpha value is -0.450. The van der Waals surface area contributed by atoms with Crippen molar-refractivity contribution in [1.82, 2.24) is 15.2 Å². The van der Waals surface area contributed by atoms with E-state index in [1.807, 2.05) is 6.20 Å². The summed E-state index contributed by atoms with van der Waals surface area (Å²) in [7, 11) is 2.07. The van der Waals surface area contributed by atoms with E-state index in [0.717, 1.165) is 17.1 Å². The van der Waals surface area contributed by atoms with Gasteiger partial charge in [0.25, 0.3) is 0 Å². The summed E-state index contributed by atoms with van der Waals surface area (Å²) in [6, 6.07) is 5.64. The maximum absolute atomic E-state index is 4.72. The van der Waals surface area contributed by atoms with Gasteiger partial charge in [0.05, 0.1) is 11.7 Å². The van der Waals surface area contributed by atoms with Gasteiger partial charge in [0.15, 0.2) is 0 Å². The molecule has 1 aliphatic carbocycles. The Balaban J connectivity index is 1.90. The van der Waals surface area contributed by atoms with Crippen LogP contribution in [0.2, 0.25) is 0 Å². The van der Waals surface area contributed by atoms with Gasteiger partial charge in [0.1, 0.15) is 0 Å². The van der Waals surface area contributed by atoms with Gasteiger partial charge in [0.2, 0.25) is 0 Å². The van der Waals surface area contributed by atoms with Crippen LogP contribution in [0.4, 0.5) is 0 Å². The van der Waals surface area contributed by atoms with Crippen molar-refractivity contribution in [1.29, 1.82) is 0 Å². The third kappa shape index (κ3) is 3.23. The maximum Gasteiger partial charge on any atom is 0.0579 e. The molecule has 2 fully saturated rings. The monoisotopic (exact) mass is 337 g/mol. The minimum atomic E-state index is 0.491. The molecule has 1 saturated heterocycles. The van der Waals surface area contributed by atoms with Crippen molar-refractivity contribution in [3.63, 3.8) is 0 Å². The van der Waals surface area contributed by atoms with E-state index in [9.17, 15) is 0 Å². The van der Waals surface area contributed by atoms with Crippen molar-refractivity contribution < 1.29 is 0 Å². The highest BCUT2D eigenvalue weighted by molar-refractivity contribution is 9.10. The fourth-order valence-corrected chi connectivity index (χ4v) is 3.77. The second-order valence-corrected chi connectivity index (χ2v) is 7.04. The molecule has 0 radical (unpaired) electrons. The molecule has 2 unspecified atom stereocenters. The fraction of sp³-hybridized carbons (Fsp3) is 0.688. The third-order valence-corrected chi connectivity index (χ3v) is 5.05. The lowest BCUT2D eigenvalue weighted by atomic mass is 9.91. The molecule has 4 heteroatoms. The Kier molecular flexibility index (Phi) is 4.74. The molecule has 110 valence electrons. The quantitative estimate of drug-likeness (QED) is 0.912. The molecule has 1 saturated carbocycles. The SMILES string of the molecule is CNCC1CCCCN(C2CC2)C1c1ccc(Br)cn1. The number of halogens is 1. The van der Waals surface area contributed by atoms with Crippen molar-refractivity contribution in [2.75, 3.05) is 20.1 Å². The van der Waals surface area contributed by atoms with Gasteiger partial charge in [-0.2, -0.15) is 0 Å². The van der Waals surface area contributed by atoms with E-state index in [2.05, 4.69) is 45.3 Å². The lowest BCUT2D eigenvalue weighted by Crippen LogP contribution is -2.38. The van der Waals surface area contributed by atoms with Crippen molar-refractivity contribution in [3.05, 3.63) is 28.5 Å². The van der Waals surface area contributed by atoms with Crippen molar-refractivity contribution >= 4 is 15.9 Å². The molecule has 3 rings (SSSR count). The van der Waals surface area contributed by atoms with E-state index >= 15 is 0 Å². The van der Waals surface area contributed by atoms with E-state index in [4.69, 9.17) is 4.98 Å². The van der Waals surface area contributed by atoms with E-state index in [1.165, 1.54) is 44.3 Å². The van der Waals surface area contributed by atoms with Gasteiger partial charge in [-0.3, -0.25) is 9.88 Å². The highest BCUT2D eigenvalue weighted by atomic mass is 79.9. The number of hydrogen-bond donors (Lipinski definition) is 1. The molecule has 2 atom stereocenters. The van der Waals surface area contributed by atoms with Crippen LogP contribution < -0.4 is 5.32 Å². The van der Waals surface area contributed by atoms with Gasteiger partial charge in [-0.1, -0.05) is 6.42 Å². The van der Waals surface area contributed by atoms with Gasteiger partial charge in [0, 0.05) is 16.7 Å². The average Bonchev–Trinajstić information content (AvgIpc) is 3.26. The highest BCUT2D eigenvalue weighted by Crippen LogP contribution is 2.41. The summed E-state index contributed by atoms with van der Waals surface area (Å²) in [6.07, 6.45) is 8.69. The van der Waals surface area contributed by atoms with Gasteiger partial charge in [-0.15, -0.1) is 0 Å². The van der Waals surface area contributed by atoms with Crippen LogP contribution in [0.25, 0.3) is 0 Å². The maximum atomic E-state index is 4.72. The first-order valence-corrected chi connectivity index (χ1v) is 8.60. The van der Waals surface area contributed by atoms with Gasteiger partial charge < -0.3 is 5.32 Å². The second-order valence-electron chi connectivity index (χ2n) is 6.13. The van der Waals surface area contributed by atoms with Crippen LogP contribution in [-0.4, -0.2) is 36.1 Å². The predicted molar refractivity (Wildman–Crippen MR) is 85.7 cm³/mol. The van der Waals surface area contributed by atoms with Crippen molar-refractivity contribution in [3.8, 4) is 0 Å². The first-order chi connectivity index (χ1) is 9.79. The van der Waals surface area contributed by atoms with Gasteiger partial charge in [-0.05, 0) is 79.8 Å². The van der Waals surface area contributed by atoms with E-state index in [0.29, 0.717) is 12.0 Å². The largest absolute Gasteiger partial charge is 0.319 e. The Bertz CT molecular complexity index is 430.